The van der Waals surface area contributed by atoms with Gasteiger partial charge in [0.2, 0.25) is 0 Å². The van der Waals surface area contributed by atoms with Crippen LogP contribution in [0.1, 0.15) is 19.0 Å². The molecule has 1 aromatic carbocycles. The van der Waals surface area contributed by atoms with Crippen molar-refractivity contribution in [2.45, 2.75) is 26.4 Å². The van der Waals surface area contributed by atoms with Crippen LogP contribution in [0, 0.1) is 12.7 Å². The monoisotopic (exact) mass is 274 g/mol. The smallest absolute Gasteiger partial charge is 0.165 e. The molecule has 1 N–H and O–H groups in total. The number of anilines is 1. The molecule has 106 valence electrons. The van der Waals surface area contributed by atoms with Crippen LogP contribution >= 0.6 is 0 Å². The second-order valence-corrected chi connectivity index (χ2v) is 4.65. The number of halogens is 1. The lowest BCUT2D eigenvalue weighted by molar-refractivity contribution is 0.201. The lowest BCUT2D eigenvalue weighted by Gasteiger charge is -2.19. The minimum absolute atomic E-state index is 0.0830. The van der Waals surface area contributed by atoms with Gasteiger partial charge in [-0.2, -0.15) is 0 Å². The summed E-state index contributed by atoms with van der Waals surface area (Å²) in [7, 11) is 0. The zero-order chi connectivity index (χ0) is 14.4. The van der Waals surface area contributed by atoms with Crippen molar-refractivity contribution >= 4 is 5.69 Å². The van der Waals surface area contributed by atoms with E-state index in [-0.39, 0.29) is 11.9 Å². The summed E-state index contributed by atoms with van der Waals surface area (Å²) in [5.74, 6) is -0.0298. The molecule has 2 rings (SSSR count). The number of aryl methyl sites for hydroxylation is 1. The summed E-state index contributed by atoms with van der Waals surface area (Å²) in [5.41, 5.74) is 1.95. The summed E-state index contributed by atoms with van der Waals surface area (Å²) < 4.78 is 19.2. The fraction of sp³-hybridized carbons (Fsp3) is 0.312. The maximum atomic E-state index is 13.5. The first-order valence-electron chi connectivity index (χ1n) is 6.76. The van der Waals surface area contributed by atoms with E-state index in [1.54, 1.807) is 24.4 Å². The van der Waals surface area contributed by atoms with Crippen molar-refractivity contribution in [3.8, 4) is 5.75 Å². The van der Waals surface area contributed by atoms with Crippen LogP contribution in [-0.2, 0) is 0 Å². The number of rotatable bonds is 6. The topological polar surface area (TPSA) is 34.2 Å². The largest absolute Gasteiger partial charge is 0.486 e. The molecule has 0 spiro atoms. The highest BCUT2D eigenvalue weighted by Crippen LogP contribution is 2.18. The highest BCUT2D eigenvalue weighted by molar-refractivity contribution is 5.43. The molecule has 0 aliphatic rings. The number of benzene rings is 1. The van der Waals surface area contributed by atoms with Crippen molar-refractivity contribution < 1.29 is 9.13 Å². The third kappa shape index (κ3) is 3.95. The quantitative estimate of drug-likeness (QED) is 0.870. The van der Waals surface area contributed by atoms with Gasteiger partial charge in [-0.15, -0.1) is 0 Å². The van der Waals surface area contributed by atoms with Gasteiger partial charge < -0.3 is 10.1 Å². The number of ether oxygens (including phenoxy) is 1. The first-order chi connectivity index (χ1) is 9.69. The Kier molecular flexibility index (Phi) is 4.93. The summed E-state index contributed by atoms with van der Waals surface area (Å²) in [5, 5.41) is 3.29. The van der Waals surface area contributed by atoms with Crippen LogP contribution in [0.3, 0.4) is 0 Å². The first-order valence-corrected chi connectivity index (χ1v) is 6.76. The van der Waals surface area contributed by atoms with Crippen molar-refractivity contribution in [2.24, 2.45) is 0 Å². The third-order valence-corrected chi connectivity index (χ3v) is 3.02. The SMILES string of the molecule is CCC(CNc1ccnc(C)c1)Oc1ccccc1F. The van der Waals surface area contributed by atoms with Crippen molar-refractivity contribution in [1.29, 1.82) is 0 Å². The molecule has 0 radical (unpaired) electrons. The fourth-order valence-electron chi connectivity index (χ4n) is 1.88. The molecule has 4 heteroatoms. The predicted octanol–water partition coefficient (Wildman–Crippen LogP) is 3.80. The van der Waals surface area contributed by atoms with E-state index in [2.05, 4.69) is 10.3 Å². The van der Waals surface area contributed by atoms with Gasteiger partial charge >= 0.3 is 0 Å². The number of para-hydroxylation sites is 1. The summed E-state index contributed by atoms with van der Waals surface area (Å²) in [6, 6.07) is 10.3. The van der Waals surface area contributed by atoms with Gasteiger partial charge in [-0.3, -0.25) is 4.98 Å². The number of nitrogens with zero attached hydrogens (tertiary/aromatic N) is 1. The van der Waals surface area contributed by atoms with E-state index in [9.17, 15) is 4.39 Å². The van der Waals surface area contributed by atoms with Gasteiger partial charge in [0.05, 0.1) is 6.54 Å². The molecule has 0 saturated carbocycles. The summed E-state index contributed by atoms with van der Waals surface area (Å²) in [6.07, 6.45) is 2.47. The van der Waals surface area contributed by atoms with Crippen molar-refractivity contribution in [1.82, 2.24) is 4.98 Å². The Morgan fingerprint density at radius 1 is 1.30 bits per heavy atom. The minimum Gasteiger partial charge on any atom is -0.486 e. The average molecular weight is 274 g/mol. The predicted molar refractivity (Wildman–Crippen MR) is 78.6 cm³/mol. The molecule has 2 aromatic rings. The Balaban J connectivity index is 1.94. The lowest BCUT2D eigenvalue weighted by Crippen LogP contribution is -2.25. The van der Waals surface area contributed by atoms with Gasteiger partial charge in [0.15, 0.2) is 11.6 Å². The number of hydrogen-bond acceptors (Lipinski definition) is 3. The Bertz CT molecular complexity index is 560. The van der Waals surface area contributed by atoms with E-state index in [1.807, 2.05) is 26.0 Å². The highest BCUT2D eigenvalue weighted by Gasteiger charge is 2.10. The van der Waals surface area contributed by atoms with Gasteiger partial charge in [-0.25, -0.2) is 4.39 Å². The second-order valence-electron chi connectivity index (χ2n) is 4.65. The molecule has 20 heavy (non-hydrogen) atoms. The maximum Gasteiger partial charge on any atom is 0.165 e. The van der Waals surface area contributed by atoms with E-state index in [4.69, 9.17) is 4.74 Å². The zero-order valence-corrected chi connectivity index (χ0v) is 11.8. The number of hydrogen-bond donors (Lipinski definition) is 1. The molecule has 0 fully saturated rings. The maximum absolute atomic E-state index is 13.5. The zero-order valence-electron chi connectivity index (χ0n) is 11.8. The average Bonchev–Trinajstić information content (AvgIpc) is 2.45. The van der Waals surface area contributed by atoms with Gasteiger partial charge in [0.1, 0.15) is 6.10 Å². The summed E-state index contributed by atoms with van der Waals surface area (Å²) >= 11 is 0. The van der Waals surface area contributed by atoms with E-state index in [0.717, 1.165) is 17.8 Å². The van der Waals surface area contributed by atoms with Gasteiger partial charge in [0.25, 0.3) is 0 Å². The molecule has 1 heterocycles. The third-order valence-electron chi connectivity index (χ3n) is 3.02. The number of aromatic nitrogens is 1. The molecule has 1 aromatic heterocycles. The highest BCUT2D eigenvalue weighted by atomic mass is 19.1. The fourth-order valence-corrected chi connectivity index (χ4v) is 1.88. The van der Waals surface area contributed by atoms with Gasteiger partial charge in [0, 0.05) is 17.6 Å². The second kappa shape index (κ2) is 6.89. The Morgan fingerprint density at radius 2 is 2.10 bits per heavy atom. The molecule has 3 nitrogen and oxygen atoms in total. The Labute approximate surface area is 118 Å². The molecule has 1 unspecified atom stereocenters. The minimum atomic E-state index is -0.328. The van der Waals surface area contributed by atoms with Crippen molar-refractivity contribution in [3.63, 3.8) is 0 Å². The number of pyridine rings is 1. The van der Waals surface area contributed by atoms with E-state index >= 15 is 0 Å². The van der Waals surface area contributed by atoms with Gasteiger partial charge in [-0.1, -0.05) is 19.1 Å². The molecular weight excluding hydrogens is 255 g/mol. The van der Waals surface area contributed by atoms with E-state index in [0.29, 0.717) is 12.3 Å². The standard InChI is InChI=1S/C16H19FN2O/c1-3-14(20-16-7-5-4-6-15(16)17)11-19-13-8-9-18-12(2)10-13/h4-10,14H,3,11H2,1-2H3,(H,18,19). The van der Waals surface area contributed by atoms with E-state index < -0.39 is 0 Å². The van der Waals surface area contributed by atoms with Crippen LogP contribution in [0.25, 0.3) is 0 Å². The Hall–Kier alpha value is -2.10. The molecular formula is C16H19FN2O. The molecule has 0 bridgehead atoms. The normalized spacial score (nSPS) is 11.9. The molecule has 0 amide bonds. The lowest BCUT2D eigenvalue weighted by atomic mass is 10.2. The van der Waals surface area contributed by atoms with Crippen LogP contribution in [-0.4, -0.2) is 17.6 Å². The van der Waals surface area contributed by atoms with E-state index in [1.165, 1.54) is 6.07 Å². The molecule has 0 aliphatic carbocycles. The molecule has 0 saturated heterocycles. The van der Waals surface area contributed by atoms with Crippen LogP contribution in [0.15, 0.2) is 42.6 Å². The number of nitrogens with one attached hydrogen (secondary N) is 1. The molecule has 0 aliphatic heterocycles. The van der Waals surface area contributed by atoms with Crippen LogP contribution in [0.5, 0.6) is 5.75 Å². The Morgan fingerprint density at radius 3 is 2.80 bits per heavy atom. The van der Waals surface area contributed by atoms with Crippen molar-refractivity contribution in [3.05, 3.63) is 54.1 Å². The van der Waals surface area contributed by atoms with Gasteiger partial charge in [-0.05, 0) is 37.6 Å². The van der Waals surface area contributed by atoms with Crippen LogP contribution in [0.4, 0.5) is 10.1 Å². The summed E-state index contributed by atoms with van der Waals surface area (Å²) in [6.45, 7) is 4.58. The summed E-state index contributed by atoms with van der Waals surface area (Å²) in [4.78, 5) is 4.15. The molecule has 1 atom stereocenters. The first kappa shape index (κ1) is 14.3. The van der Waals surface area contributed by atoms with Crippen LogP contribution < -0.4 is 10.1 Å². The van der Waals surface area contributed by atoms with Crippen LogP contribution in [0.2, 0.25) is 0 Å². The van der Waals surface area contributed by atoms with Crippen molar-refractivity contribution in [2.75, 3.05) is 11.9 Å².